The first-order chi connectivity index (χ1) is 7.24. The van der Waals surface area contributed by atoms with E-state index in [1.807, 2.05) is 4.68 Å². The van der Waals surface area contributed by atoms with E-state index in [1.165, 1.54) is 24.8 Å². The van der Waals surface area contributed by atoms with E-state index in [1.54, 1.807) is 0 Å². The van der Waals surface area contributed by atoms with Gasteiger partial charge in [0.05, 0.1) is 5.69 Å². The zero-order valence-corrected chi connectivity index (χ0v) is 9.49. The van der Waals surface area contributed by atoms with E-state index in [2.05, 4.69) is 18.9 Å². The fraction of sp³-hybridized carbons (Fsp3) is 0.667. The number of aryl methyl sites for hydroxylation is 1. The summed E-state index contributed by atoms with van der Waals surface area (Å²) < 4.78 is 1.88. The molecule has 2 rings (SSSR count). The molecule has 0 N–H and O–H groups in total. The van der Waals surface area contributed by atoms with Crippen molar-refractivity contribution in [3.63, 3.8) is 0 Å². The van der Waals surface area contributed by atoms with Crippen LogP contribution in [0.25, 0.3) is 0 Å². The molecule has 1 heterocycles. The van der Waals surface area contributed by atoms with Crippen molar-refractivity contribution in [2.75, 3.05) is 0 Å². The quantitative estimate of drug-likeness (QED) is 0.550. The lowest BCUT2D eigenvalue weighted by molar-refractivity contribution is 0.111. The second kappa shape index (κ2) is 4.17. The Bertz CT molecular complexity index is 366. The van der Waals surface area contributed by atoms with Gasteiger partial charge < -0.3 is 0 Å². The predicted molar refractivity (Wildman–Crippen MR) is 59.3 cm³/mol. The molecule has 0 saturated heterocycles. The molecule has 0 radical (unpaired) electrons. The van der Waals surface area contributed by atoms with Gasteiger partial charge in [-0.3, -0.25) is 9.48 Å². The minimum Gasteiger partial charge on any atom is -0.296 e. The van der Waals surface area contributed by atoms with Crippen LogP contribution >= 0.6 is 0 Å². The number of nitrogens with zero attached hydrogens (tertiary/aromatic N) is 2. The van der Waals surface area contributed by atoms with Gasteiger partial charge in [-0.1, -0.05) is 6.42 Å². The van der Waals surface area contributed by atoms with Crippen molar-refractivity contribution in [1.82, 2.24) is 9.78 Å². The van der Waals surface area contributed by atoms with Crippen LogP contribution in [0.15, 0.2) is 0 Å². The molecule has 0 aromatic carbocycles. The Morgan fingerprint density at radius 2 is 2.00 bits per heavy atom. The highest BCUT2D eigenvalue weighted by molar-refractivity contribution is 5.75. The molecule has 82 valence electrons. The minimum atomic E-state index is 0.275. The lowest BCUT2D eigenvalue weighted by atomic mass is 10.1. The number of hydrogen-bond acceptors (Lipinski definition) is 2. The summed E-state index contributed by atoms with van der Waals surface area (Å²) >= 11 is 0. The van der Waals surface area contributed by atoms with Gasteiger partial charge in [0.1, 0.15) is 5.69 Å². The highest BCUT2D eigenvalue weighted by Gasteiger charge is 2.19. The fourth-order valence-electron chi connectivity index (χ4n) is 2.29. The van der Waals surface area contributed by atoms with E-state index in [4.69, 9.17) is 0 Å². The Hall–Kier alpha value is -1.12. The third-order valence-electron chi connectivity index (χ3n) is 3.07. The topological polar surface area (TPSA) is 34.9 Å². The van der Waals surface area contributed by atoms with Crippen LogP contribution in [0, 0.1) is 0 Å². The number of carbonyl (C=O) groups excluding carboxylic acids is 1. The molecule has 0 bridgehead atoms. The summed E-state index contributed by atoms with van der Waals surface area (Å²) in [4.78, 5) is 11.1. The molecule has 3 heteroatoms. The number of rotatable bonds is 2. The van der Waals surface area contributed by atoms with Gasteiger partial charge in [-0.2, -0.15) is 5.10 Å². The standard InChI is InChI=1S/C12H18N2O/c1-9(2)14-12(8-15)10-6-4-3-5-7-11(10)13-14/h8-9H,3-7H2,1-2H3. The molecule has 0 amide bonds. The van der Waals surface area contributed by atoms with Crippen molar-refractivity contribution in [3.05, 3.63) is 17.0 Å². The van der Waals surface area contributed by atoms with Crippen molar-refractivity contribution < 1.29 is 4.79 Å². The summed E-state index contributed by atoms with van der Waals surface area (Å²) in [5, 5.41) is 4.57. The van der Waals surface area contributed by atoms with Crippen molar-refractivity contribution in [1.29, 1.82) is 0 Å². The molecule has 1 aliphatic carbocycles. The van der Waals surface area contributed by atoms with Crippen LogP contribution in [0.1, 0.15) is 60.9 Å². The summed E-state index contributed by atoms with van der Waals surface area (Å²) in [5.41, 5.74) is 3.17. The van der Waals surface area contributed by atoms with Crippen LogP contribution in [0.4, 0.5) is 0 Å². The van der Waals surface area contributed by atoms with E-state index in [9.17, 15) is 4.79 Å². The smallest absolute Gasteiger partial charge is 0.168 e. The Morgan fingerprint density at radius 1 is 1.27 bits per heavy atom. The number of hydrogen-bond donors (Lipinski definition) is 0. The predicted octanol–water partition coefficient (Wildman–Crippen LogP) is 2.55. The summed E-state index contributed by atoms with van der Waals surface area (Å²) in [6.07, 6.45) is 6.69. The molecule has 1 aromatic rings. The number of aldehydes is 1. The summed E-state index contributed by atoms with van der Waals surface area (Å²) in [7, 11) is 0. The molecule has 1 aromatic heterocycles. The second-order valence-corrected chi connectivity index (χ2v) is 4.53. The summed E-state index contributed by atoms with van der Waals surface area (Å²) in [6.45, 7) is 4.14. The van der Waals surface area contributed by atoms with Gasteiger partial charge in [0.25, 0.3) is 0 Å². The van der Waals surface area contributed by atoms with E-state index < -0.39 is 0 Å². The Kier molecular flexibility index (Phi) is 2.89. The maximum atomic E-state index is 11.1. The third-order valence-corrected chi connectivity index (χ3v) is 3.07. The van der Waals surface area contributed by atoms with Crippen LogP contribution in [0.5, 0.6) is 0 Å². The maximum absolute atomic E-state index is 11.1. The average Bonchev–Trinajstić information content (AvgIpc) is 2.40. The third kappa shape index (κ3) is 1.83. The number of aromatic nitrogens is 2. The van der Waals surface area contributed by atoms with Crippen molar-refractivity contribution in [2.24, 2.45) is 0 Å². The van der Waals surface area contributed by atoms with Crippen molar-refractivity contribution in [2.45, 2.75) is 52.0 Å². The average molecular weight is 206 g/mol. The molecule has 0 unspecified atom stereocenters. The lowest BCUT2D eigenvalue weighted by Gasteiger charge is -2.07. The van der Waals surface area contributed by atoms with E-state index in [0.717, 1.165) is 30.5 Å². The maximum Gasteiger partial charge on any atom is 0.168 e. The molecule has 0 atom stereocenters. The SMILES string of the molecule is CC(C)n1nc2c(c1C=O)CCCCC2. The molecule has 15 heavy (non-hydrogen) atoms. The first-order valence-electron chi connectivity index (χ1n) is 5.79. The highest BCUT2D eigenvalue weighted by Crippen LogP contribution is 2.24. The number of fused-ring (bicyclic) bond motifs is 1. The molecule has 0 saturated carbocycles. The monoisotopic (exact) mass is 206 g/mol. The fourth-order valence-corrected chi connectivity index (χ4v) is 2.29. The molecule has 0 fully saturated rings. The summed E-state index contributed by atoms with van der Waals surface area (Å²) in [6, 6.07) is 0.275. The van der Waals surface area contributed by atoms with Gasteiger partial charge in [0, 0.05) is 11.6 Å². The van der Waals surface area contributed by atoms with E-state index in [0.29, 0.717) is 0 Å². The van der Waals surface area contributed by atoms with E-state index >= 15 is 0 Å². The molecule has 3 nitrogen and oxygen atoms in total. The van der Waals surface area contributed by atoms with Crippen LogP contribution in [-0.4, -0.2) is 16.1 Å². The van der Waals surface area contributed by atoms with Gasteiger partial charge >= 0.3 is 0 Å². The molecular formula is C12H18N2O. The van der Waals surface area contributed by atoms with Crippen LogP contribution in [0.2, 0.25) is 0 Å². The van der Waals surface area contributed by atoms with Crippen LogP contribution in [-0.2, 0) is 12.8 Å². The lowest BCUT2D eigenvalue weighted by Crippen LogP contribution is -2.08. The van der Waals surface area contributed by atoms with Gasteiger partial charge in [0.15, 0.2) is 6.29 Å². The molecule has 1 aliphatic rings. The number of carbonyl (C=O) groups is 1. The Morgan fingerprint density at radius 3 is 2.67 bits per heavy atom. The minimum absolute atomic E-state index is 0.275. The molecule has 0 spiro atoms. The zero-order chi connectivity index (χ0) is 10.8. The van der Waals surface area contributed by atoms with Crippen molar-refractivity contribution in [3.8, 4) is 0 Å². The molecule has 0 aliphatic heterocycles. The Labute approximate surface area is 90.5 Å². The van der Waals surface area contributed by atoms with Crippen LogP contribution in [0.3, 0.4) is 0 Å². The normalized spacial score (nSPS) is 16.2. The van der Waals surface area contributed by atoms with Gasteiger partial charge in [-0.15, -0.1) is 0 Å². The van der Waals surface area contributed by atoms with Gasteiger partial charge in [-0.25, -0.2) is 0 Å². The van der Waals surface area contributed by atoms with E-state index in [-0.39, 0.29) is 6.04 Å². The second-order valence-electron chi connectivity index (χ2n) is 4.53. The summed E-state index contributed by atoms with van der Waals surface area (Å²) in [5.74, 6) is 0. The Balaban J connectivity index is 2.47. The first kappa shape index (κ1) is 10.4. The zero-order valence-electron chi connectivity index (χ0n) is 9.49. The van der Waals surface area contributed by atoms with Gasteiger partial charge in [0.2, 0.25) is 0 Å². The molecular weight excluding hydrogens is 188 g/mol. The van der Waals surface area contributed by atoms with Crippen molar-refractivity contribution >= 4 is 6.29 Å². The first-order valence-corrected chi connectivity index (χ1v) is 5.79. The van der Waals surface area contributed by atoms with Gasteiger partial charge in [-0.05, 0) is 39.5 Å². The van der Waals surface area contributed by atoms with Crippen LogP contribution < -0.4 is 0 Å². The largest absolute Gasteiger partial charge is 0.296 e. The highest BCUT2D eigenvalue weighted by atomic mass is 16.1.